The Kier molecular flexibility index (Phi) is 4.07. The van der Waals surface area contributed by atoms with Crippen LogP contribution in [-0.2, 0) is 11.3 Å². The van der Waals surface area contributed by atoms with Gasteiger partial charge in [-0.1, -0.05) is 13.8 Å². The topological polar surface area (TPSA) is 95.1 Å². The standard InChI is InChI=1S/C13H19N5O2/c1-8(2)6-15-10(19)7-18-12-9(16-13(18)14)4-5-11(17-12)20-3/h4-5,8H,6-7H2,1-3H3,(H2,14,16)(H,15,19). The number of carbonyl (C=O) groups excluding carboxylic acids is 1. The molecule has 3 N–H and O–H groups in total. The Bertz CT molecular complexity index is 620. The number of nitrogens with zero attached hydrogens (tertiary/aromatic N) is 3. The van der Waals surface area contributed by atoms with Crippen molar-refractivity contribution in [3.63, 3.8) is 0 Å². The van der Waals surface area contributed by atoms with Gasteiger partial charge in [-0.05, 0) is 12.0 Å². The zero-order chi connectivity index (χ0) is 14.7. The van der Waals surface area contributed by atoms with Crippen LogP contribution < -0.4 is 15.8 Å². The molecule has 0 aliphatic heterocycles. The first-order chi connectivity index (χ1) is 9.51. The molecule has 0 saturated heterocycles. The van der Waals surface area contributed by atoms with Gasteiger partial charge in [0.15, 0.2) is 5.65 Å². The van der Waals surface area contributed by atoms with Crippen LogP contribution in [0.25, 0.3) is 11.2 Å². The van der Waals surface area contributed by atoms with Gasteiger partial charge in [-0.25, -0.2) is 4.98 Å². The van der Waals surface area contributed by atoms with E-state index in [9.17, 15) is 4.79 Å². The number of aromatic nitrogens is 3. The van der Waals surface area contributed by atoms with E-state index in [1.807, 2.05) is 13.8 Å². The number of rotatable bonds is 5. The maximum atomic E-state index is 11.9. The fourth-order valence-electron chi connectivity index (χ4n) is 1.79. The molecular formula is C13H19N5O2. The molecule has 0 spiro atoms. The summed E-state index contributed by atoms with van der Waals surface area (Å²) < 4.78 is 6.65. The van der Waals surface area contributed by atoms with Crippen LogP contribution >= 0.6 is 0 Å². The van der Waals surface area contributed by atoms with Crippen LogP contribution in [0.2, 0.25) is 0 Å². The van der Waals surface area contributed by atoms with E-state index >= 15 is 0 Å². The van der Waals surface area contributed by atoms with Gasteiger partial charge in [-0.2, -0.15) is 4.98 Å². The molecule has 1 amide bonds. The number of nitrogens with two attached hydrogens (primary N) is 1. The van der Waals surface area contributed by atoms with E-state index in [1.54, 1.807) is 16.7 Å². The highest BCUT2D eigenvalue weighted by Crippen LogP contribution is 2.18. The highest BCUT2D eigenvalue weighted by Gasteiger charge is 2.13. The van der Waals surface area contributed by atoms with Gasteiger partial charge < -0.3 is 15.8 Å². The Hall–Kier alpha value is -2.31. The quantitative estimate of drug-likeness (QED) is 0.842. The fraction of sp³-hybridized carbons (Fsp3) is 0.462. The highest BCUT2D eigenvalue weighted by atomic mass is 16.5. The van der Waals surface area contributed by atoms with Crippen LogP contribution in [0.1, 0.15) is 13.8 Å². The number of methoxy groups -OCH3 is 1. The molecule has 2 heterocycles. The van der Waals surface area contributed by atoms with Gasteiger partial charge in [0.2, 0.25) is 17.7 Å². The molecule has 0 saturated carbocycles. The first kappa shape index (κ1) is 14.1. The van der Waals surface area contributed by atoms with Crippen molar-refractivity contribution in [1.29, 1.82) is 0 Å². The summed E-state index contributed by atoms with van der Waals surface area (Å²) in [5.74, 6) is 1.00. The lowest BCUT2D eigenvalue weighted by molar-refractivity contribution is -0.121. The Morgan fingerprint density at radius 2 is 2.20 bits per heavy atom. The Labute approximate surface area is 117 Å². The first-order valence-corrected chi connectivity index (χ1v) is 6.44. The van der Waals surface area contributed by atoms with E-state index in [2.05, 4.69) is 15.3 Å². The van der Waals surface area contributed by atoms with Gasteiger partial charge >= 0.3 is 0 Å². The third-order valence-electron chi connectivity index (χ3n) is 2.81. The van der Waals surface area contributed by atoms with E-state index in [-0.39, 0.29) is 18.4 Å². The summed E-state index contributed by atoms with van der Waals surface area (Å²) in [7, 11) is 1.54. The predicted octanol–water partition coefficient (Wildman–Crippen LogP) is 0.794. The zero-order valence-corrected chi connectivity index (χ0v) is 11.9. The largest absolute Gasteiger partial charge is 0.481 e. The average Bonchev–Trinajstić information content (AvgIpc) is 2.72. The van der Waals surface area contributed by atoms with E-state index in [0.717, 1.165) is 0 Å². The van der Waals surface area contributed by atoms with E-state index < -0.39 is 0 Å². The van der Waals surface area contributed by atoms with Gasteiger partial charge in [-0.3, -0.25) is 9.36 Å². The maximum absolute atomic E-state index is 11.9. The summed E-state index contributed by atoms with van der Waals surface area (Å²) in [6.07, 6.45) is 0. The van der Waals surface area contributed by atoms with Crippen LogP contribution in [0, 0.1) is 5.92 Å². The molecule has 0 atom stereocenters. The lowest BCUT2D eigenvalue weighted by Gasteiger charge is -2.09. The second-order valence-electron chi connectivity index (χ2n) is 4.95. The summed E-state index contributed by atoms with van der Waals surface area (Å²) in [5, 5.41) is 2.84. The molecule has 0 radical (unpaired) electrons. The number of ether oxygens (including phenoxy) is 1. The minimum absolute atomic E-state index is 0.0925. The number of carbonyl (C=O) groups is 1. The number of pyridine rings is 1. The molecule has 7 nitrogen and oxygen atoms in total. The number of fused-ring (bicyclic) bond motifs is 1. The molecule has 0 unspecified atom stereocenters. The van der Waals surface area contributed by atoms with Crippen LogP contribution in [0.5, 0.6) is 5.88 Å². The summed E-state index contributed by atoms with van der Waals surface area (Å²) >= 11 is 0. The van der Waals surface area contributed by atoms with Crippen molar-refractivity contribution < 1.29 is 9.53 Å². The van der Waals surface area contributed by atoms with E-state index in [1.165, 1.54) is 7.11 Å². The SMILES string of the molecule is COc1ccc2nc(N)n(CC(=O)NCC(C)C)c2n1. The molecule has 2 rings (SSSR count). The van der Waals surface area contributed by atoms with Gasteiger partial charge in [0.25, 0.3) is 0 Å². The number of imidazole rings is 1. The molecule has 7 heteroatoms. The van der Waals surface area contributed by atoms with Gasteiger partial charge in [-0.15, -0.1) is 0 Å². The Balaban J connectivity index is 2.24. The second kappa shape index (κ2) is 5.77. The highest BCUT2D eigenvalue weighted by molar-refractivity contribution is 5.81. The predicted molar refractivity (Wildman–Crippen MR) is 76.3 cm³/mol. The molecule has 0 aliphatic carbocycles. The molecule has 0 bridgehead atoms. The number of anilines is 1. The molecule has 0 aliphatic rings. The third-order valence-corrected chi connectivity index (χ3v) is 2.81. The van der Waals surface area contributed by atoms with Crippen molar-refractivity contribution in [2.45, 2.75) is 20.4 Å². The summed E-state index contributed by atoms with van der Waals surface area (Å²) in [4.78, 5) is 20.4. The minimum atomic E-state index is -0.116. The van der Waals surface area contributed by atoms with Gasteiger partial charge in [0, 0.05) is 12.6 Å². The van der Waals surface area contributed by atoms with Crippen LogP contribution in [0.3, 0.4) is 0 Å². The Morgan fingerprint density at radius 3 is 2.85 bits per heavy atom. The molecule has 0 fully saturated rings. The van der Waals surface area contributed by atoms with Crippen LogP contribution in [-0.4, -0.2) is 34.1 Å². The van der Waals surface area contributed by atoms with Gasteiger partial charge in [0.1, 0.15) is 12.1 Å². The molecular weight excluding hydrogens is 258 g/mol. The van der Waals surface area contributed by atoms with Crippen molar-refractivity contribution in [2.24, 2.45) is 5.92 Å². The van der Waals surface area contributed by atoms with E-state index in [4.69, 9.17) is 10.5 Å². The van der Waals surface area contributed by atoms with Crippen molar-refractivity contribution in [2.75, 3.05) is 19.4 Å². The number of hydrogen-bond donors (Lipinski definition) is 2. The number of nitrogen functional groups attached to an aromatic ring is 1. The van der Waals surface area contributed by atoms with Crippen molar-refractivity contribution >= 4 is 23.0 Å². The number of amides is 1. The molecule has 2 aromatic heterocycles. The minimum Gasteiger partial charge on any atom is -0.481 e. The average molecular weight is 277 g/mol. The van der Waals surface area contributed by atoms with E-state index in [0.29, 0.717) is 29.5 Å². The Morgan fingerprint density at radius 1 is 1.45 bits per heavy atom. The second-order valence-corrected chi connectivity index (χ2v) is 4.95. The van der Waals surface area contributed by atoms with Crippen LogP contribution in [0.15, 0.2) is 12.1 Å². The lowest BCUT2D eigenvalue weighted by Crippen LogP contribution is -2.31. The fourth-order valence-corrected chi connectivity index (χ4v) is 1.79. The monoisotopic (exact) mass is 277 g/mol. The maximum Gasteiger partial charge on any atom is 0.240 e. The van der Waals surface area contributed by atoms with Gasteiger partial charge in [0.05, 0.1) is 7.11 Å². The molecule has 2 aromatic rings. The molecule has 0 aromatic carbocycles. The zero-order valence-electron chi connectivity index (χ0n) is 11.9. The lowest BCUT2D eigenvalue weighted by atomic mass is 10.2. The van der Waals surface area contributed by atoms with Crippen molar-refractivity contribution in [1.82, 2.24) is 19.9 Å². The molecule has 20 heavy (non-hydrogen) atoms. The van der Waals surface area contributed by atoms with Crippen molar-refractivity contribution in [3.05, 3.63) is 12.1 Å². The normalized spacial score (nSPS) is 11.0. The smallest absolute Gasteiger partial charge is 0.240 e. The molecule has 108 valence electrons. The number of hydrogen-bond acceptors (Lipinski definition) is 5. The third kappa shape index (κ3) is 2.98. The summed E-state index contributed by atoms with van der Waals surface area (Å²) in [6.45, 7) is 4.79. The van der Waals surface area contributed by atoms with Crippen LogP contribution in [0.4, 0.5) is 5.95 Å². The summed E-state index contributed by atoms with van der Waals surface area (Å²) in [5.41, 5.74) is 7.02. The van der Waals surface area contributed by atoms with Crippen molar-refractivity contribution in [3.8, 4) is 5.88 Å². The first-order valence-electron chi connectivity index (χ1n) is 6.44. The number of nitrogens with one attached hydrogen (secondary N) is 1. The summed E-state index contributed by atoms with van der Waals surface area (Å²) in [6, 6.07) is 3.47.